The third kappa shape index (κ3) is 8.67. The van der Waals surface area contributed by atoms with Gasteiger partial charge in [0.1, 0.15) is 0 Å². The second-order valence-electron chi connectivity index (χ2n) is 7.03. The predicted octanol–water partition coefficient (Wildman–Crippen LogP) is -0.684. The van der Waals surface area contributed by atoms with Crippen molar-refractivity contribution in [1.82, 2.24) is 5.32 Å². The quantitative estimate of drug-likeness (QED) is 0.339. The van der Waals surface area contributed by atoms with Crippen molar-refractivity contribution in [1.29, 1.82) is 0 Å². The number of benzene rings is 1. The molecule has 1 saturated carbocycles. The summed E-state index contributed by atoms with van der Waals surface area (Å²) in [6, 6.07) is 5.62. The molecule has 0 atom stereocenters. The Labute approximate surface area is 189 Å². The van der Waals surface area contributed by atoms with E-state index in [0.717, 1.165) is 37.2 Å². The summed E-state index contributed by atoms with van der Waals surface area (Å²) >= 11 is 0. The van der Waals surface area contributed by atoms with Crippen LogP contribution in [-0.4, -0.2) is 31.6 Å². The molecular weight excluding hydrogens is 369 g/mol. The minimum absolute atomic E-state index is 0. The summed E-state index contributed by atoms with van der Waals surface area (Å²) in [6.45, 7) is 2.52. The molecule has 0 unspecified atom stereocenters. The predicted molar refractivity (Wildman–Crippen MR) is 101 cm³/mol. The summed E-state index contributed by atoms with van der Waals surface area (Å²) in [5.41, 5.74) is 0.821. The zero-order valence-corrected chi connectivity index (χ0v) is 19.0. The number of aliphatic carboxylic acids is 1. The Kier molecular flexibility index (Phi) is 11.3. The van der Waals surface area contributed by atoms with Crippen LogP contribution in [0, 0.1) is 5.92 Å². The van der Waals surface area contributed by atoms with Gasteiger partial charge in [0.2, 0.25) is 5.91 Å². The van der Waals surface area contributed by atoms with E-state index in [1.807, 2.05) is 6.07 Å². The van der Waals surface area contributed by atoms with Crippen LogP contribution in [0.5, 0.6) is 11.5 Å². The minimum Gasteiger partial charge on any atom is -0.550 e. The number of methoxy groups -OCH3 is 1. The van der Waals surface area contributed by atoms with Gasteiger partial charge in [-0.2, -0.15) is 0 Å². The third-order valence-corrected chi connectivity index (χ3v) is 4.76. The molecule has 7 heteroatoms. The molecule has 1 aliphatic rings. The molecule has 0 heterocycles. The van der Waals surface area contributed by atoms with Crippen LogP contribution in [0.4, 0.5) is 0 Å². The van der Waals surface area contributed by atoms with Gasteiger partial charge < -0.3 is 24.7 Å². The van der Waals surface area contributed by atoms with Crippen LogP contribution in [0.25, 0.3) is 6.08 Å². The first-order valence-corrected chi connectivity index (χ1v) is 9.47. The smallest absolute Gasteiger partial charge is 0.550 e. The summed E-state index contributed by atoms with van der Waals surface area (Å²) in [6.07, 6.45) is 8.01. The van der Waals surface area contributed by atoms with Crippen LogP contribution in [-0.2, 0) is 9.59 Å². The van der Waals surface area contributed by atoms with Crippen LogP contribution >= 0.6 is 0 Å². The number of carbonyl (C=O) groups is 2. The van der Waals surface area contributed by atoms with E-state index >= 15 is 0 Å². The van der Waals surface area contributed by atoms with E-state index in [9.17, 15) is 14.7 Å². The van der Waals surface area contributed by atoms with E-state index in [0.29, 0.717) is 17.9 Å². The zero-order chi connectivity index (χ0) is 19.6. The molecule has 28 heavy (non-hydrogen) atoms. The molecule has 0 saturated heterocycles. The number of ether oxygens (including phenoxy) is 2. The molecule has 1 N–H and O–H groups in total. The van der Waals surface area contributed by atoms with Gasteiger partial charge in [0.25, 0.3) is 0 Å². The van der Waals surface area contributed by atoms with E-state index in [1.54, 1.807) is 18.2 Å². The maximum absolute atomic E-state index is 12.1. The number of rotatable bonds is 9. The molecule has 1 aliphatic carbocycles. The van der Waals surface area contributed by atoms with Gasteiger partial charge in [-0.1, -0.05) is 13.0 Å². The fourth-order valence-electron chi connectivity index (χ4n) is 3.13. The van der Waals surface area contributed by atoms with E-state index in [-0.39, 0.29) is 54.5 Å². The second kappa shape index (κ2) is 12.9. The molecule has 2 rings (SSSR count). The first-order valence-electron chi connectivity index (χ1n) is 9.47. The van der Waals surface area contributed by atoms with Crippen molar-refractivity contribution in [2.24, 2.45) is 5.92 Å². The van der Waals surface area contributed by atoms with Gasteiger partial charge in [-0.3, -0.25) is 4.79 Å². The number of hydrogen-bond donors (Lipinski definition) is 1. The molecule has 0 spiro atoms. The zero-order valence-electron chi connectivity index (χ0n) is 17.0. The SMILES string of the molecule is COc1cc(C=CC(=O)N[C@H]2CC[C@H](C)CC2)ccc1OCCCC(=O)[O-].[Na+]. The number of carbonyl (C=O) groups excluding carboxylic acids is 2. The second-order valence-corrected chi connectivity index (χ2v) is 7.03. The third-order valence-electron chi connectivity index (χ3n) is 4.76. The fourth-order valence-corrected chi connectivity index (χ4v) is 3.13. The van der Waals surface area contributed by atoms with Gasteiger partial charge in [0, 0.05) is 18.1 Å². The van der Waals surface area contributed by atoms with Crippen LogP contribution in [0.15, 0.2) is 24.3 Å². The fraction of sp³-hybridized carbons (Fsp3) is 0.524. The number of nitrogens with one attached hydrogen (secondary N) is 1. The Bertz CT molecular complexity index is 669. The van der Waals surface area contributed by atoms with Gasteiger partial charge in [0.05, 0.1) is 13.7 Å². The van der Waals surface area contributed by atoms with E-state index < -0.39 is 5.97 Å². The average Bonchev–Trinajstić information content (AvgIpc) is 2.65. The van der Waals surface area contributed by atoms with Gasteiger partial charge in [-0.15, -0.1) is 0 Å². The molecule has 148 valence electrons. The van der Waals surface area contributed by atoms with E-state index in [2.05, 4.69) is 12.2 Å². The molecule has 0 bridgehead atoms. The molecule has 1 amide bonds. The monoisotopic (exact) mass is 397 g/mol. The van der Waals surface area contributed by atoms with Crippen molar-refractivity contribution < 1.29 is 53.7 Å². The Morgan fingerprint density at radius 3 is 2.57 bits per heavy atom. The number of carboxylic acids is 1. The standard InChI is InChI=1S/C21H29NO5.Na/c1-15-5-9-17(10-6-15)22-20(23)12-8-16-7-11-18(19(14-16)26-2)27-13-3-4-21(24)25;/h7-8,11-12,14-15,17H,3-6,9-10,13H2,1-2H3,(H,22,23)(H,24,25);/q;+1/p-1/t15-,17-;. The molecule has 1 aromatic rings. The number of carboxylic acid groups (broad SMARTS) is 1. The Hall–Kier alpha value is -1.50. The largest absolute Gasteiger partial charge is 1.00 e. The molecule has 0 aromatic heterocycles. The molecule has 6 nitrogen and oxygen atoms in total. The van der Waals surface area contributed by atoms with Gasteiger partial charge in [-0.05, 0) is 68.2 Å². The van der Waals surface area contributed by atoms with Gasteiger partial charge >= 0.3 is 29.6 Å². The topological polar surface area (TPSA) is 87.7 Å². The summed E-state index contributed by atoms with van der Waals surface area (Å²) in [5, 5.41) is 13.5. The molecule has 0 radical (unpaired) electrons. The number of hydrogen-bond acceptors (Lipinski definition) is 5. The van der Waals surface area contributed by atoms with Crippen molar-refractivity contribution in [2.45, 2.75) is 51.5 Å². The van der Waals surface area contributed by atoms with E-state index in [4.69, 9.17) is 9.47 Å². The summed E-state index contributed by atoms with van der Waals surface area (Å²) < 4.78 is 10.9. The number of amides is 1. The summed E-state index contributed by atoms with van der Waals surface area (Å²) in [5.74, 6) is 0.645. The molecule has 0 aliphatic heterocycles. The van der Waals surface area contributed by atoms with Crippen molar-refractivity contribution in [3.8, 4) is 11.5 Å². The molecular formula is C21H28NNaO5. The maximum Gasteiger partial charge on any atom is 1.00 e. The first-order chi connectivity index (χ1) is 13.0. The maximum atomic E-state index is 12.1. The van der Waals surface area contributed by atoms with Crippen LogP contribution < -0.4 is 49.5 Å². The minimum atomic E-state index is -1.09. The van der Waals surface area contributed by atoms with Crippen molar-refractivity contribution >= 4 is 18.0 Å². The summed E-state index contributed by atoms with van der Waals surface area (Å²) in [7, 11) is 1.54. The van der Waals surface area contributed by atoms with Crippen molar-refractivity contribution in [3.05, 3.63) is 29.8 Å². The molecule has 1 aromatic carbocycles. The normalized spacial score (nSPS) is 18.9. The van der Waals surface area contributed by atoms with Crippen LogP contribution in [0.2, 0.25) is 0 Å². The average molecular weight is 397 g/mol. The van der Waals surface area contributed by atoms with Crippen molar-refractivity contribution in [3.63, 3.8) is 0 Å². The Morgan fingerprint density at radius 2 is 1.93 bits per heavy atom. The summed E-state index contributed by atoms with van der Waals surface area (Å²) in [4.78, 5) is 22.5. The Balaban J connectivity index is 0.00000392. The van der Waals surface area contributed by atoms with Crippen molar-refractivity contribution in [2.75, 3.05) is 13.7 Å². The van der Waals surface area contributed by atoms with E-state index in [1.165, 1.54) is 13.2 Å². The van der Waals surface area contributed by atoms with Gasteiger partial charge in [0.15, 0.2) is 11.5 Å². The molecule has 1 fully saturated rings. The van der Waals surface area contributed by atoms with Crippen LogP contribution in [0.1, 0.15) is 51.0 Å². The van der Waals surface area contributed by atoms with Crippen LogP contribution in [0.3, 0.4) is 0 Å². The van der Waals surface area contributed by atoms with Gasteiger partial charge in [-0.25, -0.2) is 0 Å². The Morgan fingerprint density at radius 1 is 1.21 bits per heavy atom. The first kappa shape index (κ1) is 24.5.